The Balaban J connectivity index is 1.72. The Kier molecular flexibility index (Phi) is 8.58. The Morgan fingerprint density at radius 3 is 2.41 bits per heavy atom. The van der Waals surface area contributed by atoms with Crippen molar-refractivity contribution in [1.82, 2.24) is 10.6 Å². The summed E-state index contributed by atoms with van der Waals surface area (Å²) in [6.45, 7) is 1.86. The van der Waals surface area contributed by atoms with Crippen molar-refractivity contribution in [2.75, 3.05) is 33.9 Å². The minimum absolute atomic E-state index is 0.289. The SMILES string of the molecule is C#CCOc1ccc(CCNC(=NC)NCCc2ccccc2OC)cc1. The molecule has 0 aliphatic carbocycles. The van der Waals surface area contributed by atoms with Crippen LogP contribution in [0.25, 0.3) is 0 Å². The molecule has 0 spiro atoms. The molecular weight excluding hydrogens is 338 g/mol. The number of nitrogens with one attached hydrogen (secondary N) is 2. The van der Waals surface area contributed by atoms with E-state index in [1.54, 1.807) is 14.2 Å². The second-order valence-electron chi connectivity index (χ2n) is 5.87. The number of terminal acetylenes is 1. The van der Waals surface area contributed by atoms with Gasteiger partial charge in [-0.05, 0) is 42.2 Å². The Labute approximate surface area is 161 Å². The predicted molar refractivity (Wildman–Crippen MR) is 111 cm³/mol. The topological polar surface area (TPSA) is 54.9 Å². The highest BCUT2D eigenvalue weighted by molar-refractivity contribution is 5.79. The van der Waals surface area contributed by atoms with Crippen molar-refractivity contribution in [3.63, 3.8) is 0 Å². The van der Waals surface area contributed by atoms with E-state index in [0.29, 0.717) is 0 Å². The minimum Gasteiger partial charge on any atom is -0.496 e. The molecule has 0 radical (unpaired) electrons. The van der Waals surface area contributed by atoms with E-state index >= 15 is 0 Å². The summed E-state index contributed by atoms with van der Waals surface area (Å²) >= 11 is 0. The number of methoxy groups -OCH3 is 1. The lowest BCUT2D eigenvalue weighted by Gasteiger charge is -2.13. The Morgan fingerprint density at radius 1 is 1.04 bits per heavy atom. The highest BCUT2D eigenvalue weighted by atomic mass is 16.5. The van der Waals surface area contributed by atoms with Gasteiger partial charge in [0.05, 0.1) is 7.11 Å². The molecule has 5 nitrogen and oxygen atoms in total. The number of rotatable bonds is 9. The van der Waals surface area contributed by atoms with Gasteiger partial charge in [0, 0.05) is 20.1 Å². The van der Waals surface area contributed by atoms with Crippen molar-refractivity contribution in [3.8, 4) is 23.8 Å². The summed E-state index contributed by atoms with van der Waals surface area (Å²) in [6.07, 6.45) is 6.95. The maximum atomic E-state index is 5.38. The van der Waals surface area contributed by atoms with Crippen molar-refractivity contribution < 1.29 is 9.47 Å². The first kappa shape index (κ1) is 20.2. The van der Waals surface area contributed by atoms with E-state index in [1.165, 1.54) is 11.1 Å². The summed E-state index contributed by atoms with van der Waals surface area (Å²) in [4.78, 5) is 4.27. The monoisotopic (exact) mass is 365 g/mol. The van der Waals surface area contributed by atoms with Crippen LogP contribution in [-0.2, 0) is 12.8 Å². The van der Waals surface area contributed by atoms with Crippen LogP contribution in [0.15, 0.2) is 53.5 Å². The zero-order valence-corrected chi connectivity index (χ0v) is 16.0. The second kappa shape index (κ2) is 11.5. The van der Waals surface area contributed by atoms with Crippen molar-refractivity contribution in [3.05, 3.63) is 59.7 Å². The third kappa shape index (κ3) is 6.95. The molecule has 0 unspecified atom stereocenters. The van der Waals surface area contributed by atoms with Crippen LogP contribution in [0.1, 0.15) is 11.1 Å². The Bertz CT molecular complexity index is 764. The third-order valence-electron chi connectivity index (χ3n) is 4.05. The molecule has 27 heavy (non-hydrogen) atoms. The molecular formula is C22H27N3O2. The van der Waals surface area contributed by atoms with Crippen molar-refractivity contribution >= 4 is 5.96 Å². The number of para-hydroxylation sites is 1. The van der Waals surface area contributed by atoms with Crippen LogP contribution in [0, 0.1) is 12.3 Å². The fraction of sp³-hybridized carbons (Fsp3) is 0.318. The number of nitrogens with zero attached hydrogens (tertiary/aromatic N) is 1. The summed E-state index contributed by atoms with van der Waals surface area (Å²) in [6, 6.07) is 16.0. The molecule has 0 atom stereocenters. The lowest BCUT2D eigenvalue weighted by Crippen LogP contribution is -2.39. The first-order valence-electron chi connectivity index (χ1n) is 8.98. The summed E-state index contributed by atoms with van der Waals surface area (Å²) < 4.78 is 10.8. The zero-order valence-electron chi connectivity index (χ0n) is 16.0. The number of hydrogen-bond donors (Lipinski definition) is 2. The van der Waals surface area contributed by atoms with E-state index in [9.17, 15) is 0 Å². The maximum Gasteiger partial charge on any atom is 0.190 e. The van der Waals surface area contributed by atoms with Crippen LogP contribution >= 0.6 is 0 Å². The van der Waals surface area contributed by atoms with E-state index in [-0.39, 0.29) is 6.61 Å². The van der Waals surface area contributed by atoms with Crippen LogP contribution in [0.2, 0.25) is 0 Å². The molecule has 2 aromatic rings. The van der Waals surface area contributed by atoms with Gasteiger partial charge in [0.25, 0.3) is 0 Å². The number of aliphatic imine (C=N–C) groups is 1. The number of guanidine groups is 1. The summed E-state index contributed by atoms with van der Waals surface area (Å²) in [5, 5.41) is 6.66. The van der Waals surface area contributed by atoms with Crippen molar-refractivity contribution in [2.45, 2.75) is 12.8 Å². The normalized spacial score (nSPS) is 10.8. The smallest absolute Gasteiger partial charge is 0.190 e. The van der Waals surface area contributed by atoms with Crippen molar-refractivity contribution in [2.24, 2.45) is 4.99 Å². The molecule has 0 aromatic heterocycles. The summed E-state index contributed by atoms with van der Waals surface area (Å²) in [5.74, 6) is 4.95. The minimum atomic E-state index is 0.289. The summed E-state index contributed by atoms with van der Waals surface area (Å²) in [5.41, 5.74) is 2.40. The molecule has 0 saturated heterocycles. The van der Waals surface area contributed by atoms with Crippen LogP contribution in [0.3, 0.4) is 0 Å². The van der Waals surface area contributed by atoms with E-state index in [1.807, 2.05) is 42.5 Å². The lowest BCUT2D eigenvalue weighted by molar-refractivity contribution is 0.370. The van der Waals surface area contributed by atoms with Crippen molar-refractivity contribution in [1.29, 1.82) is 0 Å². The van der Waals surface area contributed by atoms with E-state index in [0.717, 1.165) is 43.4 Å². The predicted octanol–water partition coefficient (Wildman–Crippen LogP) is 2.66. The third-order valence-corrected chi connectivity index (χ3v) is 4.05. The van der Waals surface area contributed by atoms with E-state index < -0.39 is 0 Å². The quantitative estimate of drug-likeness (QED) is 0.408. The zero-order chi connectivity index (χ0) is 19.3. The number of ether oxygens (including phenoxy) is 2. The largest absolute Gasteiger partial charge is 0.496 e. The molecule has 2 N–H and O–H groups in total. The molecule has 0 fully saturated rings. The second-order valence-corrected chi connectivity index (χ2v) is 5.87. The average molecular weight is 365 g/mol. The molecule has 5 heteroatoms. The first-order valence-corrected chi connectivity index (χ1v) is 8.98. The standard InChI is InChI=1S/C22H27N3O2/c1-4-17-27-20-11-9-18(10-12-20)13-15-24-22(23-2)25-16-14-19-7-5-6-8-21(19)26-3/h1,5-12H,13-17H2,2-3H3,(H2,23,24,25). The highest BCUT2D eigenvalue weighted by Crippen LogP contribution is 2.17. The van der Waals surface area contributed by atoms with Gasteiger partial charge in [-0.2, -0.15) is 0 Å². The fourth-order valence-corrected chi connectivity index (χ4v) is 2.65. The fourth-order valence-electron chi connectivity index (χ4n) is 2.65. The van der Waals surface area contributed by atoms with Gasteiger partial charge in [-0.3, -0.25) is 4.99 Å². The van der Waals surface area contributed by atoms with Crippen LogP contribution in [-0.4, -0.2) is 39.8 Å². The van der Waals surface area contributed by atoms with Gasteiger partial charge < -0.3 is 20.1 Å². The Hall–Kier alpha value is -3.13. The van der Waals surface area contributed by atoms with Gasteiger partial charge in [0.15, 0.2) is 5.96 Å². The molecule has 2 rings (SSSR count). The summed E-state index contributed by atoms with van der Waals surface area (Å²) in [7, 11) is 3.47. The van der Waals surface area contributed by atoms with Gasteiger partial charge in [-0.1, -0.05) is 36.3 Å². The number of hydrogen-bond acceptors (Lipinski definition) is 3. The molecule has 0 saturated carbocycles. The maximum absolute atomic E-state index is 5.38. The molecule has 0 aliphatic heterocycles. The van der Waals surface area contributed by atoms with Gasteiger partial charge >= 0.3 is 0 Å². The van der Waals surface area contributed by atoms with Gasteiger partial charge in [0.1, 0.15) is 18.1 Å². The van der Waals surface area contributed by atoms with Crippen LogP contribution in [0.4, 0.5) is 0 Å². The average Bonchev–Trinajstić information content (AvgIpc) is 2.72. The Morgan fingerprint density at radius 2 is 1.74 bits per heavy atom. The molecule has 0 bridgehead atoms. The van der Waals surface area contributed by atoms with Gasteiger partial charge in [-0.15, -0.1) is 6.42 Å². The van der Waals surface area contributed by atoms with Gasteiger partial charge in [-0.25, -0.2) is 0 Å². The molecule has 0 heterocycles. The van der Waals surface area contributed by atoms with Gasteiger partial charge in [0.2, 0.25) is 0 Å². The molecule has 0 amide bonds. The number of benzene rings is 2. The first-order chi connectivity index (χ1) is 13.3. The van der Waals surface area contributed by atoms with Crippen LogP contribution < -0.4 is 20.1 Å². The van der Waals surface area contributed by atoms with Crippen LogP contribution in [0.5, 0.6) is 11.5 Å². The van der Waals surface area contributed by atoms with E-state index in [4.69, 9.17) is 15.9 Å². The molecule has 0 aliphatic rings. The van der Waals surface area contributed by atoms with E-state index in [2.05, 4.69) is 27.6 Å². The molecule has 142 valence electrons. The molecule has 2 aromatic carbocycles. The highest BCUT2D eigenvalue weighted by Gasteiger charge is 2.03. The lowest BCUT2D eigenvalue weighted by atomic mass is 10.1.